The van der Waals surface area contributed by atoms with Crippen molar-refractivity contribution in [2.75, 3.05) is 24.5 Å². The predicted octanol–water partition coefficient (Wildman–Crippen LogP) is 6.30. The van der Waals surface area contributed by atoms with Crippen LogP contribution in [0.5, 0.6) is 5.75 Å². The highest BCUT2D eigenvalue weighted by Crippen LogP contribution is 2.27. The van der Waals surface area contributed by atoms with Crippen LogP contribution in [0.1, 0.15) is 38.0 Å². The molecule has 4 heteroatoms. The van der Waals surface area contributed by atoms with Gasteiger partial charge in [-0.25, -0.2) is 0 Å². The molecule has 1 aliphatic rings. The number of likely N-dealkylation sites (tertiary alicyclic amines) is 1. The molecule has 0 saturated carbocycles. The number of nitrogens with zero attached hydrogens (tertiary/aromatic N) is 2. The van der Waals surface area contributed by atoms with Crippen LogP contribution in [0.25, 0.3) is 0 Å². The summed E-state index contributed by atoms with van der Waals surface area (Å²) >= 11 is 0. The van der Waals surface area contributed by atoms with E-state index >= 15 is 0 Å². The number of furan rings is 1. The lowest BCUT2D eigenvalue weighted by Crippen LogP contribution is -2.45. The van der Waals surface area contributed by atoms with E-state index < -0.39 is 0 Å². The van der Waals surface area contributed by atoms with Gasteiger partial charge in [-0.1, -0.05) is 42.0 Å². The van der Waals surface area contributed by atoms with Crippen LogP contribution in [0.2, 0.25) is 0 Å². The summed E-state index contributed by atoms with van der Waals surface area (Å²) in [5.41, 5.74) is 3.80. The van der Waals surface area contributed by atoms with E-state index in [1.807, 2.05) is 24.3 Å². The summed E-state index contributed by atoms with van der Waals surface area (Å²) in [5, 5.41) is 0. The zero-order valence-electron chi connectivity index (χ0n) is 19.2. The first-order valence-corrected chi connectivity index (χ1v) is 11.6. The van der Waals surface area contributed by atoms with Crippen molar-refractivity contribution >= 4 is 5.69 Å². The molecule has 3 aromatic rings. The maximum absolute atomic E-state index is 5.99. The number of allylic oxidation sites excluding steroid dienone is 1. The van der Waals surface area contributed by atoms with Crippen LogP contribution < -0.4 is 9.64 Å². The number of ether oxygens (including phenoxy) is 1. The smallest absolute Gasteiger partial charge is 0.119 e. The minimum absolute atomic E-state index is 0.537. The van der Waals surface area contributed by atoms with Gasteiger partial charge in [0.05, 0.1) is 12.8 Å². The van der Waals surface area contributed by atoms with Crippen molar-refractivity contribution in [3.05, 3.63) is 96.0 Å². The third-order valence-electron chi connectivity index (χ3n) is 6.07. The fourth-order valence-corrected chi connectivity index (χ4v) is 4.23. The molecule has 0 spiro atoms. The van der Waals surface area contributed by atoms with Crippen molar-refractivity contribution in [3.63, 3.8) is 0 Å². The van der Waals surface area contributed by atoms with Crippen LogP contribution in [-0.4, -0.2) is 30.6 Å². The molecule has 168 valence electrons. The fraction of sp³-hybridized carbons (Fsp3) is 0.357. The molecule has 0 bridgehead atoms. The third-order valence-corrected chi connectivity index (χ3v) is 6.07. The standard InChI is InChI=1S/C28H34N2O2/c1-23(2)14-19-30(26-15-17-29(18-16-26)21-28-9-6-20-31-28)25-10-12-27(13-11-25)32-22-24-7-4-3-5-8-24/h3-14,20,26H,15-19,21-22H2,1-2H3. The van der Waals surface area contributed by atoms with E-state index in [2.05, 4.69) is 72.2 Å². The molecule has 32 heavy (non-hydrogen) atoms. The van der Waals surface area contributed by atoms with Crippen molar-refractivity contribution in [1.82, 2.24) is 4.90 Å². The summed E-state index contributed by atoms with van der Waals surface area (Å²) in [7, 11) is 0. The van der Waals surface area contributed by atoms with Gasteiger partial charge in [-0.15, -0.1) is 0 Å². The average molecular weight is 431 g/mol. The monoisotopic (exact) mass is 430 g/mol. The van der Waals surface area contributed by atoms with Gasteiger partial charge in [-0.2, -0.15) is 0 Å². The number of benzene rings is 2. The fourth-order valence-electron chi connectivity index (χ4n) is 4.23. The van der Waals surface area contributed by atoms with Crippen LogP contribution in [0.4, 0.5) is 5.69 Å². The molecule has 4 rings (SSSR count). The van der Waals surface area contributed by atoms with E-state index in [0.717, 1.165) is 50.5 Å². The van der Waals surface area contributed by atoms with Gasteiger partial charge in [0.15, 0.2) is 0 Å². The molecule has 2 aromatic carbocycles. The summed E-state index contributed by atoms with van der Waals surface area (Å²) in [4.78, 5) is 5.05. The molecule has 0 atom stereocenters. The Balaban J connectivity index is 1.38. The van der Waals surface area contributed by atoms with E-state index in [1.54, 1.807) is 6.26 Å². The molecule has 0 unspecified atom stereocenters. The second-order valence-corrected chi connectivity index (χ2v) is 8.79. The minimum Gasteiger partial charge on any atom is -0.489 e. The minimum atomic E-state index is 0.537. The van der Waals surface area contributed by atoms with Crippen LogP contribution in [0.3, 0.4) is 0 Å². The normalized spacial score (nSPS) is 14.8. The van der Waals surface area contributed by atoms with E-state index in [0.29, 0.717) is 12.6 Å². The van der Waals surface area contributed by atoms with E-state index in [1.165, 1.54) is 16.8 Å². The zero-order valence-corrected chi connectivity index (χ0v) is 19.2. The first-order valence-electron chi connectivity index (χ1n) is 11.6. The Kier molecular flexibility index (Phi) is 7.68. The molecule has 1 aromatic heterocycles. The lowest BCUT2D eigenvalue weighted by Gasteiger charge is -2.39. The molecule has 1 saturated heterocycles. The topological polar surface area (TPSA) is 28.9 Å². The maximum atomic E-state index is 5.99. The highest BCUT2D eigenvalue weighted by molar-refractivity contribution is 5.51. The molecular weight excluding hydrogens is 396 g/mol. The van der Waals surface area contributed by atoms with Gasteiger partial charge < -0.3 is 14.1 Å². The van der Waals surface area contributed by atoms with Crippen LogP contribution >= 0.6 is 0 Å². The second kappa shape index (κ2) is 11.1. The Morgan fingerprint density at radius 2 is 1.75 bits per heavy atom. The Hall–Kier alpha value is -2.98. The van der Waals surface area contributed by atoms with Crippen LogP contribution in [-0.2, 0) is 13.2 Å². The van der Waals surface area contributed by atoms with Crippen molar-refractivity contribution in [3.8, 4) is 5.75 Å². The highest BCUT2D eigenvalue weighted by Gasteiger charge is 2.25. The van der Waals surface area contributed by atoms with Gasteiger partial charge in [0, 0.05) is 31.4 Å². The Labute approximate surface area is 192 Å². The summed E-state index contributed by atoms with van der Waals surface area (Å²) in [6.45, 7) is 8.96. The van der Waals surface area contributed by atoms with Crippen LogP contribution in [0.15, 0.2) is 89.1 Å². The van der Waals surface area contributed by atoms with Crippen molar-refractivity contribution in [2.24, 2.45) is 0 Å². The van der Waals surface area contributed by atoms with E-state index in [4.69, 9.17) is 9.15 Å². The molecule has 1 fully saturated rings. The molecule has 1 aliphatic heterocycles. The molecular formula is C28H34N2O2. The second-order valence-electron chi connectivity index (χ2n) is 8.79. The molecule has 0 amide bonds. The number of anilines is 1. The van der Waals surface area contributed by atoms with Gasteiger partial charge in [-0.05, 0) is 68.7 Å². The summed E-state index contributed by atoms with van der Waals surface area (Å²) in [6.07, 6.45) is 6.40. The quantitative estimate of drug-likeness (QED) is 0.373. The summed E-state index contributed by atoms with van der Waals surface area (Å²) in [5.74, 6) is 1.96. The number of hydrogen-bond acceptors (Lipinski definition) is 4. The third kappa shape index (κ3) is 6.27. The SMILES string of the molecule is CC(C)=CCN(c1ccc(OCc2ccccc2)cc1)C1CCN(Cc2ccco2)CC1. The van der Waals surface area contributed by atoms with Gasteiger partial charge >= 0.3 is 0 Å². The molecule has 0 N–H and O–H groups in total. The summed E-state index contributed by atoms with van der Waals surface area (Å²) < 4.78 is 11.5. The van der Waals surface area contributed by atoms with E-state index in [-0.39, 0.29) is 0 Å². The Morgan fingerprint density at radius 1 is 1.00 bits per heavy atom. The van der Waals surface area contributed by atoms with Crippen molar-refractivity contribution in [1.29, 1.82) is 0 Å². The molecule has 0 radical (unpaired) electrons. The zero-order chi connectivity index (χ0) is 22.2. The lowest BCUT2D eigenvalue weighted by molar-refractivity contribution is 0.189. The van der Waals surface area contributed by atoms with Crippen molar-refractivity contribution < 1.29 is 9.15 Å². The highest BCUT2D eigenvalue weighted by atomic mass is 16.5. The number of rotatable bonds is 9. The predicted molar refractivity (Wildman–Crippen MR) is 131 cm³/mol. The van der Waals surface area contributed by atoms with Crippen LogP contribution in [0, 0.1) is 0 Å². The van der Waals surface area contributed by atoms with Gasteiger partial charge in [-0.3, -0.25) is 4.90 Å². The molecule has 0 aliphatic carbocycles. The average Bonchev–Trinajstić information content (AvgIpc) is 3.33. The van der Waals surface area contributed by atoms with Gasteiger partial charge in [0.1, 0.15) is 18.1 Å². The van der Waals surface area contributed by atoms with E-state index in [9.17, 15) is 0 Å². The maximum Gasteiger partial charge on any atom is 0.119 e. The summed E-state index contributed by atoms with van der Waals surface area (Å²) in [6, 6.07) is 23.5. The van der Waals surface area contributed by atoms with Crippen molar-refractivity contribution in [2.45, 2.75) is 45.9 Å². The molecule has 2 heterocycles. The lowest BCUT2D eigenvalue weighted by atomic mass is 10.0. The first-order chi connectivity index (χ1) is 15.7. The van der Waals surface area contributed by atoms with Gasteiger partial charge in [0.25, 0.3) is 0 Å². The first kappa shape index (κ1) is 22.2. The number of hydrogen-bond donors (Lipinski definition) is 0. The molecule has 4 nitrogen and oxygen atoms in total. The number of piperidine rings is 1. The van der Waals surface area contributed by atoms with Gasteiger partial charge in [0.2, 0.25) is 0 Å². The Bertz CT molecular complexity index is 952. The largest absolute Gasteiger partial charge is 0.489 e. The Morgan fingerprint density at radius 3 is 2.41 bits per heavy atom.